The quantitative estimate of drug-likeness (QED) is 0.156. The Morgan fingerprint density at radius 2 is 1.16 bits per heavy atom. The molecule has 0 saturated heterocycles. The van der Waals surface area contributed by atoms with Crippen LogP contribution in [0.15, 0.2) is 206 Å². The van der Waals surface area contributed by atoms with Gasteiger partial charge in [-0.3, -0.25) is 4.98 Å². The second-order valence-corrected chi connectivity index (χ2v) is 17.2. The number of nitrogens with zero attached hydrogens (tertiary/aromatic N) is 2. The van der Waals surface area contributed by atoms with E-state index in [0.717, 1.165) is 61.7 Å². The van der Waals surface area contributed by atoms with Gasteiger partial charge in [0.1, 0.15) is 0 Å². The molecule has 3 heteroatoms. The number of aromatic nitrogens is 2. The summed E-state index contributed by atoms with van der Waals surface area (Å²) in [5.41, 5.74) is 18.1. The molecule has 0 fully saturated rings. The van der Waals surface area contributed by atoms with Crippen LogP contribution in [0.2, 0.25) is 0 Å². The van der Waals surface area contributed by atoms with E-state index in [9.17, 15) is 0 Å². The first-order valence-electron chi connectivity index (χ1n) is 21.2. The third kappa shape index (κ3) is 6.44. The van der Waals surface area contributed by atoms with Crippen molar-refractivity contribution >= 4 is 71.4 Å². The molecule has 12 rings (SSSR count). The van der Waals surface area contributed by atoms with Crippen molar-refractivity contribution in [1.82, 2.24) is 9.97 Å². The maximum absolute atomic E-state index is 5.41. The van der Waals surface area contributed by atoms with Crippen molar-refractivity contribution in [2.75, 3.05) is 0 Å². The Balaban J connectivity index is 0.897. The summed E-state index contributed by atoms with van der Waals surface area (Å²) in [6.45, 7) is 0. The fourth-order valence-electron chi connectivity index (χ4n) is 9.22. The number of benzene rings is 8. The molecule has 2 aromatic heterocycles. The van der Waals surface area contributed by atoms with Crippen LogP contribution in [-0.2, 0) is 0 Å². The molecule has 0 N–H and O–H groups in total. The van der Waals surface area contributed by atoms with Crippen molar-refractivity contribution in [2.45, 2.75) is 12.3 Å². The maximum atomic E-state index is 5.41. The average molecular weight is 807 g/mol. The Hall–Kier alpha value is -7.68. The number of fused-ring (bicyclic) bond motifs is 9. The van der Waals surface area contributed by atoms with Crippen LogP contribution in [0.5, 0.6) is 0 Å². The van der Waals surface area contributed by atoms with Crippen LogP contribution < -0.4 is 9.75 Å². The third-order valence-electron chi connectivity index (χ3n) is 12.4. The Bertz CT molecular complexity index is 3690. The zero-order valence-electron chi connectivity index (χ0n) is 33.8. The fraction of sp³-hybridized carbons (Fsp3) is 0.0339. The zero-order valence-corrected chi connectivity index (χ0v) is 34.6. The minimum Gasteiger partial charge on any atom is -0.252 e. The third-order valence-corrected chi connectivity index (χ3v) is 13.5. The Morgan fingerprint density at radius 1 is 0.500 bits per heavy atom. The molecule has 62 heavy (non-hydrogen) atoms. The number of rotatable bonds is 6. The van der Waals surface area contributed by atoms with Crippen LogP contribution >= 0.6 is 11.3 Å². The standard InChI is InChI=1S/C59H38N2S/c1-3-12-38(13-4-1)46-28-30-51-53(34-46)54-35-47(39-14-5-2-6-15-39)29-31-52(54)59-58(51)60-37-55(61-59)48-20-10-17-43(33-48)41-26-24-40(25-27-41)42-16-9-18-44(32-42)45-19-11-22-50-49-21-7-8-23-56(49)62-57(50)36-45/h1-12,14-35,37-38H,13H2. The molecule has 0 radical (unpaired) electrons. The largest absolute Gasteiger partial charge is 0.252 e. The first-order valence-corrected chi connectivity index (χ1v) is 22.1. The monoisotopic (exact) mass is 806 g/mol. The SMILES string of the molecule is C1=C(c2cccc(-c3ccc(-c4cccc(-c5cnc6c7ccc(C8C=CC=CC8)cc7c7cc(-c8ccccc8)ccc7c6n5)c4)cc3)c2)C=CC=c2c=1sc1ccccc21. The van der Waals surface area contributed by atoms with Crippen molar-refractivity contribution in [3.05, 3.63) is 227 Å². The highest BCUT2D eigenvalue weighted by atomic mass is 32.1. The minimum atomic E-state index is 0.359. The molecule has 0 spiro atoms. The second-order valence-electron chi connectivity index (χ2n) is 16.2. The van der Waals surface area contributed by atoms with Crippen LogP contribution in [0.1, 0.15) is 23.5 Å². The number of hydrogen-bond acceptors (Lipinski definition) is 3. The van der Waals surface area contributed by atoms with Gasteiger partial charge in [-0.05, 0) is 98.1 Å². The highest BCUT2D eigenvalue weighted by molar-refractivity contribution is 7.17. The first kappa shape index (κ1) is 36.2. The van der Waals surface area contributed by atoms with E-state index in [2.05, 4.69) is 212 Å². The van der Waals surface area contributed by atoms with Gasteiger partial charge in [0.25, 0.3) is 0 Å². The molecule has 2 aliphatic carbocycles. The van der Waals surface area contributed by atoms with Crippen molar-refractivity contribution in [2.24, 2.45) is 0 Å². The Labute approximate surface area is 363 Å². The van der Waals surface area contributed by atoms with Gasteiger partial charge < -0.3 is 0 Å². The van der Waals surface area contributed by atoms with E-state index in [0.29, 0.717) is 5.92 Å². The molecule has 0 saturated carbocycles. The predicted octanol–water partition coefficient (Wildman–Crippen LogP) is 14.2. The number of hydrogen-bond donors (Lipinski definition) is 0. The molecular formula is C59H38N2S. The van der Waals surface area contributed by atoms with Gasteiger partial charge in [-0.2, -0.15) is 0 Å². The van der Waals surface area contributed by atoms with Crippen LogP contribution in [0.25, 0.3) is 105 Å². The molecule has 0 amide bonds. The molecule has 1 unspecified atom stereocenters. The van der Waals surface area contributed by atoms with E-state index >= 15 is 0 Å². The smallest absolute Gasteiger partial charge is 0.0979 e. The van der Waals surface area contributed by atoms with Gasteiger partial charge in [-0.15, -0.1) is 11.3 Å². The number of allylic oxidation sites excluding steroid dienone is 7. The molecule has 0 bridgehead atoms. The lowest BCUT2D eigenvalue weighted by atomic mass is 9.89. The normalized spacial score (nSPS) is 14.5. The summed E-state index contributed by atoms with van der Waals surface area (Å²) in [7, 11) is 0. The van der Waals surface area contributed by atoms with E-state index in [1.807, 2.05) is 6.20 Å². The average Bonchev–Trinajstić information content (AvgIpc) is 3.56. The Morgan fingerprint density at radius 3 is 1.98 bits per heavy atom. The van der Waals surface area contributed by atoms with Gasteiger partial charge in [-0.1, -0.05) is 176 Å². The fourth-order valence-corrected chi connectivity index (χ4v) is 10.3. The highest BCUT2D eigenvalue weighted by Gasteiger charge is 2.17. The Kier molecular flexibility index (Phi) is 8.81. The van der Waals surface area contributed by atoms with E-state index < -0.39 is 0 Å². The summed E-state index contributed by atoms with van der Waals surface area (Å²) in [6, 6.07) is 59.3. The van der Waals surface area contributed by atoms with Gasteiger partial charge in [0, 0.05) is 43.1 Å². The summed E-state index contributed by atoms with van der Waals surface area (Å²) in [4.78, 5) is 10.6. The summed E-state index contributed by atoms with van der Waals surface area (Å²) < 4.78 is 2.47. The van der Waals surface area contributed by atoms with Crippen LogP contribution in [0.3, 0.4) is 0 Å². The zero-order chi connectivity index (χ0) is 41.0. The lowest BCUT2D eigenvalue weighted by molar-refractivity contribution is 0.855. The lowest BCUT2D eigenvalue weighted by Gasteiger charge is -2.17. The lowest BCUT2D eigenvalue weighted by Crippen LogP contribution is -2.16. The molecule has 1 atom stereocenters. The molecule has 290 valence electrons. The van der Waals surface area contributed by atoms with E-state index in [1.165, 1.54) is 58.4 Å². The van der Waals surface area contributed by atoms with Crippen molar-refractivity contribution in [3.63, 3.8) is 0 Å². The van der Waals surface area contributed by atoms with Gasteiger partial charge >= 0.3 is 0 Å². The molecule has 2 aliphatic rings. The topological polar surface area (TPSA) is 25.8 Å². The molecule has 0 aliphatic heterocycles. The molecule has 8 aromatic carbocycles. The van der Waals surface area contributed by atoms with Gasteiger partial charge in [0.15, 0.2) is 0 Å². The van der Waals surface area contributed by atoms with Crippen LogP contribution in [-0.4, -0.2) is 9.97 Å². The van der Waals surface area contributed by atoms with E-state index in [-0.39, 0.29) is 0 Å². The van der Waals surface area contributed by atoms with Crippen molar-refractivity contribution in [1.29, 1.82) is 0 Å². The first-order chi connectivity index (χ1) is 30.7. The molecular weight excluding hydrogens is 769 g/mol. The summed E-state index contributed by atoms with van der Waals surface area (Å²) in [6.07, 6.45) is 18.4. The highest BCUT2D eigenvalue weighted by Crippen LogP contribution is 2.39. The maximum Gasteiger partial charge on any atom is 0.0979 e. The van der Waals surface area contributed by atoms with E-state index in [4.69, 9.17) is 9.97 Å². The summed E-state index contributed by atoms with van der Waals surface area (Å²) in [5.74, 6) is 0.359. The van der Waals surface area contributed by atoms with Crippen LogP contribution in [0.4, 0.5) is 0 Å². The van der Waals surface area contributed by atoms with E-state index in [1.54, 1.807) is 11.3 Å². The van der Waals surface area contributed by atoms with Gasteiger partial charge in [0.2, 0.25) is 0 Å². The van der Waals surface area contributed by atoms with Crippen LogP contribution in [0, 0.1) is 0 Å². The predicted molar refractivity (Wildman–Crippen MR) is 263 cm³/mol. The second kappa shape index (κ2) is 15.1. The summed E-state index contributed by atoms with van der Waals surface area (Å²) in [5, 5.41) is 7.18. The van der Waals surface area contributed by atoms with Gasteiger partial charge in [-0.25, -0.2) is 4.98 Å². The molecule has 2 nitrogen and oxygen atoms in total. The summed E-state index contributed by atoms with van der Waals surface area (Å²) >= 11 is 1.80. The number of thiophene rings is 1. The van der Waals surface area contributed by atoms with Crippen molar-refractivity contribution < 1.29 is 0 Å². The van der Waals surface area contributed by atoms with Gasteiger partial charge in [0.05, 0.1) is 27.5 Å². The molecule has 10 aromatic rings. The molecule has 2 heterocycles. The minimum absolute atomic E-state index is 0.359. The van der Waals surface area contributed by atoms with Crippen molar-refractivity contribution in [3.8, 4) is 44.6 Å².